The SMILES string of the molecule is COc1ccc(C=C2N=C(SCC(=O)N3CCOCC3)N(c3ccc(Cl)c(OC)c3)C2=O)cc1. The topological polar surface area (TPSA) is 80.7 Å². The van der Waals surface area contributed by atoms with Gasteiger partial charge in [0.15, 0.2) is 5.17 Å². The summed E-state index contributed by atoms with van der Waals surface area (Å²) < 4.78 is 15.8. The number of aliphatic imine (C=N–C) groups is 1. The van der Waals surface area contributed by atoms with Crippen LogP contribution in [0.25, 0.3) is 6.08 Å². The minimum absolute atomic E-state index is 0.0235. The molecule has 0 aromatic heterocycles. The van der Waals surface area contributed by atoms with E-state index in [1.807, 2.05) is 24.3 Å². The lowest BCUT2D eigenvalue weighted by Gasteiger charge is -2.27. The van der Waals surface area contributed by atoms with Gasteiger partial charge in [0, 0.05) is 19.2 Å². The van der Waals surface area contributed by atoms with Crippen LogP contribution in [-0.4, -0.2) is 68.2 Å². The van der Waals surface area contributed by atoms with Gasteiger partial charge in [0.05, 0.1) is 43.9 Å². The third-order valence-electron chi connectivity index (χ3n) is 5.33. The Kier molecular flexibility index (Phi) is 7.77. The number of ether oxygens (including phenoxy) is 3. The van der Waals surface area contributed by atoms with Crippen LogP contribution in [0.1, 0.15) is 5.56 Å². The van der Waals surface area contributed by atoms with Crippen LogP contribution in [0.4, 0.5) is 5.69 Å². The Hall–Kier alpha value is -3.01. The van der Waals surface area contributed by atoms with Crippen molar-refractivity contribution in [3.63, 3.8) is 0 Å². The van der Waals surface area contributed by atoms with Crippen molar-refractivity contribution in [2.75, 3.05) is 51.2 Å². The maximum absolute atomic E-state index is 13.4. The van der Waals surface area contributed by atoms with Crippen LogP contribution in [0.5, 0.6) is 11.5 Å². The summed E-state index contributed by atoms with van der Waals surface area (Å²) in [5, 5.41) is 0.844. The molecule has 2 aromatic rings. The Morgan fingerprint density at radius 2 is 1.88 bits per heavy atom. The number of amides is 2. The minimum Gasteiger partial charge on any atom is -0.497 e. The highest BCUT2D eigenvalue weighted by molar-refractivity contribution is 8.14. The molecule has 0 saturated carbocycles. The van der Waals surface area contributed by atoms with Gasteiger partial charge in [0.1, 0.15) is 17.2 Å². The maximum atomic E-state index is 13.4. The number of nitrogens with zero attached hydrogens (tertiary/aromatic N) is 3. The smallest absolute Gasteiger partial charge is 0.283 e. The normalized spacial score (nSPS) is 17.2. The van der Waals surface area contributed by atoms with E-state index < -0.39 is 0 Å². The Labute approximate surface area is 207 Å². The van der Waals surface area contributed by atoms with Crippen LogP contribution in [0, 0.1) is 0 Å². The van der Waals surface area contributed by atoms with E-state index in [2.05, 4.69) is 4.99 Å². The molecule has 1 fully saturated rings. The lowest BCUT2D eigenvalue weighted by atomic mass is 10.2. The lowest BCUT2D eigenvalue weighted by molar-refractivity contribution is -0.132. The molecule has 178 valence electrons. The fraction of sp³-hybridized carbons (Fsp3) is 0.292. The van der Waals surface area contributed by atoms with E-state index in [1.54, 1.807) is 36.3 Å². The molecule has 0 unspecified atom stereocenters. The zero-order valence-electron chi connectivity index (χ0n) is 18.8. The number of hydrogen-bond acceptors (Lipinski definition) is 7. The predicted octanol–water partition coefficient (Wildman–Crippen LogP) is 3.69. The molecule has 0 aliphatic carbocycles. The number of amidine groups is 1. The van der Waals surface area contributed by atoms with Crippen molar-refractivity contribution in [1.29, 1.82) is 0 Å². The first-order chi connectivity index (χ1) is 16.5. The fourth-order valence-corrected chi connectivity index (χ4v) is 4.61. The number of carbonyl (C=O) groups excluding carboxylic acids is 2. The lowest BCUT2D eigenvalue weighted by Crippen LogP contribution is -2.42. The molecule has 4 rings (SSSR count). The number of halogens is 1. The third kappa shape index (κ3) is 5.38. The van der Waals surface area contributed by atoms with E-state index in [1.165, 1.54) is 23.8 Å². The monoisotopic (exact) mass is 501 g/mol. The van der Waals surface area contributed by atoms with Crippen molar-refractivity contribution in [1.82, 2.24) is 4.90 Å². The van der Waals surface area contributed by atoms with E-state index in [0.717, 1.165) is 11.3 Å². The van der Waals surface area contributed by atoms with Gasteiger partial charge in [-0.25, -0.2) is 4.99 Å². The molecular weight excluding hydrogens is 478 g/mol. The van der Waals surface area contributed by atoms with Crippen LogP contribution in [0.2, 0.25) is 5.02 Å². The maximum Gasteiger partial charge on any atom is 0.283 e. The summed E-state index contributed by atoms with van der Waals surface area (Å²) >= 11 is 7.40. The molecule has 0 atom stereocenters. The third-order valence-corrected chi connectivity index (χ3v) is 6.57. The molecule has 0 bridgehead atoms. The average Bonchev–Trinajstić information content (AvgIpc) is 3.18. The van der Waals surface area contributed by atoms with Crippen molar-refractivity contribution in [3.05, 3.63) is 58.7 Å². The fourth-order valence-electron chi connectivity index (χ4n) is 3.50. The number of morpholine rings is 1. The largest absolute Gasteiger partial charge is 0.497 e. The summed E-state index contributed by atoms with van der Waals surface area (Å²) in [7, 11) is 3.11. The van der Waals surface area contributed by atoms with Gasteiger partial charge in [-0.15, -0.1) is 0 Å². The zero-order valence-corrected chi connectivity index (χ0v) is 20.4. The Morgan fingerprint density at radius 1 is 1.15 bits per heavy atom. The number of thioether (sulfide) groups is 1. The van der Waals surface area contributed by atoms with E-state index >= 15 is 0 Å². The molecule has 1 saturated heterocycles. The molecular formula is C24H24ClN3O5S. The predicted molar refractivity (Wildman–Crippen MR) is 134 cm³/mol. The molecule has 0 N–H and O–H groups in total. The highest BCUT2D eigenvalue weighted by Gasteiger charge is 2.33. The molecule has 0 spiro atoms. The van der Waals surface area contributed by atoms with E-state index in [-0.39, 0.29) is 23.3 Å². The molecule has 34 heavy (non-hydrogen) atoms. The van der Waals surface area contributed by atoms with E-state index in [9.17, 15) is 9.59 Å². The van der Waals surface area contributed by atoms with Crippen molar-refractivity contribution in [3.8, 4) is 11.5 Å². The number of carbonyl (C=O) groups is 2. The average molecular weight is 502 g/mol. The van der Waals surface area contributed by atoms with Gasteiger partial charge in [0.25, 0.3) is 5.91 Å². The summed E-state index contributed by atoms with van der Waals surface area (Å²) in [6.07, 6.45) is 1.71. The van der Waals surface area contributed by atoms with Crippen LogP contribution in [0.15, 0.2) is 53.2 Å². The Bertz CT molecular complexity index is 1130. The number of benzene rings is 2. The second-order valence-electron chi connectivity index (χ2n) is 7.44. The number of anilines is 1. The van der Waals surface area contributed by atoms with Crippen LogP contribution < -0.4 is 14.4 Å². The van der Waals surface area contributed by atoms with Gasteiger partial charge in [-0.1, -0.05) is 35.5 Å². The van der Waals surface area contributed by atoms with Gasteiger partial charge < -0.3 is 19.1 Å². The Morgan fingerprint density at radius 3 is 2.56 bits per heavy atom. The summed E-state index contributed by atoms with van der Waals surface area (Å²) in [6.45, 7) is 2.18. The first-order valence-corrected chi connectivity index (χ1v) is 12.0. The summed E-state index contributed by atoms with van der Waals surface area (Å²) in [5.41, 5.74) is 1.62. The molecule has 2 aliphatic heterocycles. The molecule has 2 heterocycles. The van der Waals surface area contributed by atoms with Gasteiger partial charge in [0.2, 0.25) is 5.91 Å². The molecule has 2 aliphatic rings. The molecule has 2 amide bonds. The Balaban J connectivity index is 1.62. The summed E-state index contributed by atoms with van der Waals surface area (Å²) in [5.74, 6) is 0.985. The highest BCUT2D eigenvalue weighted by Crippen LogP contribution is 2.34. The van der Waals surface area contributed by atoms with E-state index in [4.69, 9.17) is 25.8 Å². The molecule has 2 aromatic carbocycles. The van der Waals surface area contributed by atoms with Crippen molar-refractivity contribution in [2.45, 2.75) is 0 Å². The van der Waals surface area contributed by atoms with Crippen LogP contribution >= 0.6 is 23.4 Å². The number of methoxy groups -OCH3 is 2. The second-order valence-corrected chi connectivity index (χ2v) is 8.79. The first-order valence-electron chi connectivity index (χ1n) is 10.6. The van der Waals surface area contributed by atoms with Gasteiger partial charge in [-0.3, -0.25) is 14.5 Å². The van der Waals surface area contributed by atoms with Gasteiger partial charge in [-0.2, -0.15) is 0 Å². The summed E-state index contributed by atoms with van der Waals surface area (Å²) in [4.78, 5) is 33.9. The zero-order chi connectivity index (χ0) is 24.1. The van der Waals surface area contributed by atoms with Crippen LogP contribution in [-0.2, 0) is 14.3 Å². The minimum atomic E-state index is -0.304. The van der Waals surface area contributed by atoms with E-state index in [0.29, 0.717) is 47.9 Å². The molecule has 0 radical (unpaired) electrons. The molecule has 8 nitrogen and oxygen atoms in total. The number of rotatable bonds is 6. The second kappa shape index (κ2) is 10.9. The van der Waals surface area contributed by atoms with Crippen LogP contribution in [0.3, 0.4) is 0 Å². The van der Waals surface area contributed by atoms with Crippen molar-refractivity contribution in [2.24, 2.45) is 4.99 Å². The number of hydrogen-bond donors (Lipinski definition) is 0. The van der Waals surface area contributed by atoms with Crippen molar-refractivity contribution < 1.29 is 23.8 Å². The summed E-state index contributed by atoms with van der Waals surface area (Å²) in [6, 6.07) is 12.4. The first kappa shape index (κ1) is 24.1. The quantitative estimate of drug-likeness (QED) is 0.561. The molecule has 10 heteroatoms. The standard InChI is InChI=1S/C24H24ClN3O5S/c1-31-18-6-3-16(4-7-18)13-20-23(30)28(17-5-8-19(25)21(14-17)32-2)24(26-20)34-15-22(29)27-9-11-33-12-10-27/h3-8,13-14H,9-12,15H2,1-2H3. The van der Waals surface area contributed by atoms with Gasteiger partial charge >= 0.3 is 0 Å². The van der Waals surface area contributed by atoms with Crippen molar-refractivity contribution >= 4 is 52.1 Å². The van der Waals surface area contributed by atoms with Gasteiger partial charge in [-0.05, 0) is 35.9 Å². The highest BCUT2D eigenvalue weighted by atomic mass is 35.5.